The van der Waals surface area contributed by atoms with E-state index in [2.05, 4.69) is 10.4 Å². The molecule has 2 heterocycles. The van der Waals surface area contributed by atoms with Gasteiger partial charge in [0, 0.05) is 29.7 Å². The highest BCUT2D eigenvalue weighted by Crippen LogP contribution is 2.24. The third-order valence-electron chi connectivity index (χ3n) is 5.33. The number of hydrogen-bond acceptors (Lipinski definition) is 4. The van der Waals surface area contributed by atoms with Crippen molar-refractivity contribution in [1.29, 1.82) is 0 Å². The molecule has 0 saturated carbocycles. The van der Waals surface area contributed by atoms with Crippen molar-refractivity contribution in [2.45, 2.75) is 30.7 Å². The molecule has 3 aromatic rings. The zero-order valence-corrected chi connectivity index (χ0v) is 18.7. The van der Waals surface area contributed by atoms with Crippen molar-refractivity contribution in [3.8, 4) is 0 Å². The topological polar surface area (TPSA) is 84.3 Å². The van der Waals surface area contributed by atoms with Gasteiger partial charge in [0.25, 0.3) is 5.91 Å². The molecule has 0 unspecified atom stereocenters. The van der Waals surface area contributed by atoms with E-state index in [4.69, 9.17) is 11.6 Å². The Morgan fingerprint density at radius 3 is 2.50 bits per heavy atom. The summed E-state index contributed by atoms with van der Waals surface area (Å²) >= 11 is 5.91. The summed E-state index contributed by atoms with van der Waals surface area (Å²) in [6.45, 7) is 1.10. The molecule has 2 aromatic carbocycles. The number of sulfonamides is 1. The number of amides is 1. The maximum atomic E-state index is 14.4. The summed E-state index contributed by atoms with van der Waals surface area (Å²) in [4.78, 5) is 12.3. The highest BCUT2D eigenvalue weighted by Gasteiger charge is 2.29. The van der Waals surface area contributed by atoms with E-state index in [1.165, 1.54) is 10.4 Å². The van der Waals surface area contributed by atoms with Gasteiger partial charge in [0.1, 0.15) is 16.5 Å². The number of aromatic nitrogens is 2. The molecule has 1 N–H and O–H groups in total. The SMILES string of the molecule is O=C(Nc1ccnn1Cc1ccc(Cl)cc1)c1ccc(F)c(S(=O)(=O)N2CCCCC2)c1. The van der Waals surface area contributed by atoms with E-state index < -0.39 is 26.6 Å². The smallest absolute Gasteiger partial charge is 0.256 e. The van der Waals surface area contributed by atoms with Crippen molar-refractivity contribution in [3.05, 3.63) is 76.7 Å². The quantitative estimate of drug-likeness (QED) is 0.579. The fourth-order valence-corrected chi connectivity index (χ4v) is 5.34. The third-order valence-corrected chi connectivity index (χ3v) is 7.50. The van der Waals surface area contributed by atoms with Gasteiger partial charge >= 0.3 is 0 Å². The third kappa shape index (κ3) is 4.85. The van der Waals surface area contributed by atoms with E-state index in [1.807, 2.05) is 12.1 Å². The number of nitrogens with one attached hydrogen (secondary N) is 1. The summed E-state index contributed by atoms with van der Waals surface area (Å²) in [6, 6.07) is 12.2. The second kappa shape index (κ2) is 9.40. The minimum atomic E-state index is -4.01. The zero-order valence-electron chi connectivity index (χ0n) is 17.2. The predicted octanol–water partition coefficient (Wildman–Crippen LogP) is 4.15. The Morgan fingerprint density at radius 2 is 1.78 bits per heavy atom. The maximum Gasteiger partial charge on any atom is 0.256 e. The van der Waals surface area contributed by atoms with Gasteiger partial charge in [-0.2, -0.15) is 9.40 Å². The van der Waals surface area contributed by atoms with Gasteiger partial charge in [-0.3, -0.25) is 4.79 Å². The van der Waals surface area contributed by atoms with E-state index in [-0.39, 0.29) is 5.56 Å². The number of hydrogen-bond donors (Lipinski definition) is 1. The summed E-state index contributed by atoms with van der Waals surface area (Å²) < 4.78 is 43.1. The molecule has 4 rings (SSSR count). The maximum absolute atomic E-state index is 14.4. The van der Waals surface area contributed by atoms with Crippen LogP contribution in [0.3, 0.4) is 0 Å². The molecule has 168 valence electrons. The van der Waals surface area contributed by atoms with E-state index in [9.17, 15) is 17.6 Å². The van der Waals surface area contributed by atoms with Crippen LogP contribution in [0, 0.1) is 5.82 Å². The first-order valence-electron chi connectivity index (χ1n) is 10.2. The van der Waals surface area contributed by atoms with Crippen LogP contribution in [0.25, 0.3) is 0 Å². The van der Waals surface area contributed by atoms with Crippen LogP contribution in [-0.2, 0) is 16.6 Å². The molecule has 32 heavy (non-hydrogen) atoms. The van der Waals surface area contributed by atoms with Gasteiger partial charge in [0.05, 0.1) is 12.7 Å². The fraction of sp³-hybridized carbons (Fsp3) is 0.273. The summed E-state index contributed by atoms with van der Waals surface area (Å²) in [5.41, 5.74) is 0.978. The van der Waals surface area contributed by atoms with Gasteiger partial charge in [-0.25, -0.2) is 17.5 Å². The molecule has 0 aliphatic carbocycles. The molecule has 0 radical (unpaired) electrons. The van der Waals surface area contributed by atoms with E-state index in [0.29, 0.717) is 30.5 Å². The second-order valence-electron chi connectivity index (χ2n) is 7.56. The second-order valence-corrected chi connectivity index (χ2v) is 9.91. The number of rotatable bonds is 6. The molecule has 1 fully saturated rings. The van der Waals surface area contributed by atoms with Crippen molar-refractivity contribution in [2.75, 3.05) is 18.4 Å². The van der Waals surface area contributed by atoms with Crippen LogP contribution in [0.1, 0.15) is 35.2 Å². The van der Waals surface area contributed by atoms with Crippen molar-refractivity contribution < 1.29 is 17.6 Å². The Labute approximate surface area is 190 Å². The van der Waals surface area contributed by atoms with Crippen LogP contribution in [-0.4, -0.2) is 41.5 Å². The lowest BCUT2D eigenvalue weighted by molar-refractivity contribution is 0.102. The highest BCUT2D eigenvalue weighted by molar-refractivity contribution is 7.89. The van der Waals surface area contributed by atoms with E-state index >= 15 is 0 Å². The molecule has 7 nitrogen and oxygen atoms in total. The Morgan fingerprint density at radius 1 is 1.06 bits per heavy atom. The monoisotopic (exact) mass is 476 g/mol. The van der Waals surface area contributed by atoms with Gasteiger partial charge in [-0.1, -0.05) is 30.2 Å². The predicted molar refractivity (Wildman–Crippen MR) is 120 cm³/mol. The molecule has 0 atom stereocenters. The van der Waals surface area contributed by atoms with Crippen molar-refractivity contribution in [2.24, 2.45) is 0 Å². The lowest BCUT2D eigenvalue weighted by Gasteiger charge is -2.26. The van der Waals surface area contributed by atoms with Crippen LogP contribution >= 0.6 is 11.6 Å². The molecule has 1 amide bonds. The number of nitrogens with zero attached hydrogens (tertiary/aromatic N) is 3. The Bertz CT molecular complexity index is 1220. The van der Waals surface area contributed by atoms with Gasteiger partial charge in [-0.05, 0) is 48.7 Å². The average Bonchev–Trinajstić information content (AvgIpc) is 3.22. The number of halogens is 2. The molecular formula is C22H22ClFN4O3S. The van der Waals surface area contributed by atoms with Gasteiger partial charge in [0.2, 0.25) is 10.0 Å². The largest absolute Gasteiger partial charge is 0.307 e. The summed E-state index contributed by atoms with van der Waals surface area (Å²) in [7, 11) is -4.01. The standard InChI is InChI=1S/C22H22ClFN4O3S/c23-18-7-4-16(5-8-18)15-28-21(10-11-25-28)26-22(29)17-6-9-19(24)20(14-17)32(30,31)27-12-2-1-3-13-27/h4-11,14H,1-3,12-13,15H2,(H,26,29). The number of piperidine rings is 1. The number of carbonyl (C=O) groups is 1. The molecule has 1 aromatic heterocycles. The van der Waals surface area contributed by atoms with Gasteiger partial charge < -0.3 is 5.32 Å². The lowest BCUT2D eigenvalue weighted by atomic mass is 10.2. The normalized spacial score (nSPS) is 14.9. The average molecular weight is 477 g/mol. The van der Waals surface area contributed by atoms with Gasteiger partial charge in [0.15, 0.2) is 0 Å². The zero-order chi connectivity index (χ0) is 22.7. The summed E-state index contributed by atoms with van der Waals surface area (Å²) in [5.74, 6) is -1.01. The van der Waals surface area contributed by atoms with E-state index in [0.717, 1.165) is 37.0 Å². The first kappa shape index (κ1) is 22.4. The fourth-order valence-electron chi connectivity index (χ4n) is 3.60. The Hall–Kier alpha value is -2.75. The van der Waals surface area contributed by atoms with Crippen LogP contribution in [0.15, 0.2) is 59.6 Å². The first-order valence-corrected chi connectivity index (χ1v) is 12.0. The van der Waals surface area contributed by atoms with Crippen LogP contribution < -0.4 is 5.32 Å². The van der Waals surface area contributed by atoms with Crippen LogP contribution in [0.5, 0.6) is 0 Å². The minimum absolute atomic E-state index is 0.0428. The van der Waals surface area contributed by atoms with Crippen molar-refractivity contribution in [1.82, 2.24) is 14.1 Å². The molecular weight excluding hydrogens is 455 g/mol. The molecule has 0 bridgehead atoms. The van der Waals surface area contributed by atoms with Crippen molar-refractivity contribution >= 4 is 33.3 Å². The van der Waals surface area contributed by atoms with Crippen LogP contribution in [0.2, 0.25) is 5.02 Å². The van der Waals surface area contributed by atoms with Gasteiger partial charge in [-0.15, -0.1) is 0 Å². The lowest BCUT2D eigenvalue weighted by Crippen LogP contribution is -2.36. The first-order chi connectivity index (χ1) is 15.3. The number of carbonyl (C=O) groups excluding carboxylic acids is 1. The van der Waals surface area contributed by atoms with Crippen molar-refractivity contribution in [3.63, 3.8) is 0 Å². The highest BCUT2D eigenvalue weighted by atomic mass is 35.5. The molecule has 10 heteroatoms. The molecule has 0 spiro atoms. The van der Waals surface area contributed by atoms with E-state index in [1.54, 1.807) is 29.1 Å². The minimum Gasteiger partial charge on any atom is -0.307 e. The summed E-state index contributed by atoms with van der Waals surface area (Å²) in [6.07, 6.45) is 3.96. The Balaban J connectivity index is 1.54. The van der Waals surface area contributed by atoms with Crippen LogP contribution in [0.4, 0.5) is 10.2 Å². The summed E-state index contributed by atoms with van der Waals surface area (Å²) in [5, 5.41) is 7.56. The molecule has 1 aliphatic heterocycles. The number of anilines is 1. The Kier molecular flexibility index (Phi) is 6.59. The molecule has 1 saturated heterocycles. The molecule has 1 aliphatic rings. The number of benzene rings is 2.